The van der Waals surface area contributed by atoms with E-state index in [-0.39, 0.29) is 5.75 Å². The Labute approximate surface area is 128 Å². The SMILES string of the molecule is CC.O=S(=O)(O)CCN1CCN(Cc2ccccc2)CC1. The van der Waals surface area contributed by atoms with E-state index in [1.54, 1.807) is 0 Å². The standard InChI is InChI=1S/C13H20N2O3S.C2H6/c16-19(17,18)11-10-14-6-8-15(9-7-14)12-13-4-2-1-3-5-13;1-2/h1-5H,6-12H2,(H,16,17,18);1-2H3. The van der Waals surface area contributed by atoms with Crippen molar-refractivity contribution >= 4 is 10.1 Å². The Morgan fingerprint density at radius 1 is 1.00 bits per heavy atom. The van der Waals surface area contributed by atoms with Crippen molar-refractivity contribution in [3.8, 4) is 0 Å². The van der Waals surface area contributed by atoms with Crippen molar-refractivity contribution < 1.29 is 13.0 Å². The fourth-order valence-corrected chi connectivity index (χ4v) is 2.75. The van der Waals surface area contributed by atoms with Crippen LogP contribution < -0.4 is 0 Å². The van der Waals surface area contributed by atoms with E-state index in [0.717, 1.165) is 32.7 Å². The van der Waals surface area contributed by atoms with E-state index in [2.05, 4.69) is 21.9 Å². The molecular formula is C15H26N2O3S. The Balaban J connectivity index is 0.00000106. The van der Waals surface area contributed by atoms with Gasteiger partial charge in [-0.3, -0.25) is 14.4 Å². The van der Waals surface area contributed by atoms with Gasteiger partial charge in [0.25, 0.3) is 10.1 Å². The van der Waals surface area contributed by atoms with Crippen molar-refractivity contribution in [1.82, 2.24) is 9.80 Å². The smallest absolute Gasteiger partial charge is 0.266 e. The van der Waals surface area contributed by atoms with Crippen molar-refractivity contribution in [3.05, 3.63) is 35.9 Å². The second-order valence-corrected chi connectivity index (χ2v) is 6.46. The van der Waals surface area contributed by atoms with Crippen LogP contribution in [0.4, 0.5) is 0 Å². The van der Waals surface area contributed by atoms with Crippen LogP contribution in [-0.2, 0) is 16.7 Å². The van der Waals surface area contributed by atoms with Gasteiger partial charge in [-0.15, -0.1) is 0 Å². The molecule has 0 unspecified atom stereocenters. The van der Waals surface area contributed by atoms with Crippen molar-refractivity contribution in [2.24, 2.45) is 0 Å². The molecule has 6 heteroatoms. The van der Waals surface area contributed by atoms with E-state index in [0.29, 0.717) is 6.54 Å². The molecule has 2 rings (SSSR count). The van der Waals surface area contributed by atoms with E-state index >= 15 is 0 Å². The summed E-state index contributed by atoms with van der Waals surface area (Å²) in [6.45, 7) is 8.91. The van der Waals surface area contributed by atoms with Gasteiger partial charge >= 0.3 is 0 Å². The lowest BCUT2D eigenvalue weighted by atomic mass is 10.2. The maximum Gasteiger partial charge on any atom is 0.266 e. The Kier molecular flexibility index (Phi) is 7.88. The molecule has 0 saturated carbocycles. The number of piperazine rings is 1. The summed E-state index contributed by atoms with van der Waals surface area (Å²) < 4.78 is 30.1. The Bertz CT molecular complexity index is 483. The molecule has 1 heterocycles. The minimum absolute atomic E-state index is 0.175. The Morgan fingerprint density at radius 2 is 1.52 bits per heavy atom. The van der Waals surface area contributed by atoms with E-state index in [1.165, 1.54) is 5.56 Å². The third kappa shape index (κ3) is 7.57. The highest BCUT2D eigenvalue weighted by Gasteiger charge is 2.18. The van der Waals surface area contributed by atoms with E-state index in [9.17, 15) is 8.42 Å². The summed E-state index contributed by atoms with van der Waals surface area (Å²) in [5, 5.41) is 0. The van der Waals surface area contributed by atoms with Crippen LogP contribution >= 0.6 is 0 Å². The summed E-state index contributed by atoms with van der Waals surface area (Å²) >= 11 is 0. The maximum absolute atomic E-state index is 10.7. The molecule has 1 aliphatic rings. The molecular weight excluding hydrogens is 288 g/mol. The summed E-state index contributed by atoms with van der Waals surface area (Å²) in [6.07, 6.45) is 0. The molecule has 5 nitrogen and oxygen atoms in total. The van der Waals surface area contributed by atoms with Gasteiger partial charge in [-0.25, -0.2) is 0 Å². The van der Waals surface area contributed by atoms with Gasteiger partial charge in [0.1, 0.15) is 0 Å². The number of nitrogens with zero attached hydrogens (tertiary/aromatic N) is 2. The molecule has 0 amide bonds. The van der Waals surface area contributed by atoms with Gasteiger partial charge < -0.3 is 0 Å². The highest BCUT2D eigenvalue weighted by atomic mass is 32.2. The fourth-order valence-electron chi connectivity index (χ4n) is 2.26. The second kappa shape index (κ2) is 9.15. The summed E-state index contributed by atoms with van der Waals surface area (Å²) in [5.41, 5.74) is 1.30. The molecule has 1 fully saturated rings. The predicted molar refractivity (Wildman–Crippen MR) is 85.9 cm³/mol. The van der Waals surface area contributed by atoms with Crippen LogP contribution in [-0.4, -0.2) is 61.2 Å². The molecule has 120 valence electrons. The zero-order valence-electron chi connectivity index (χ0n) is 12.9. The van der Waals surface area contributed by atoms with Crippen molar-refractivity contribution in [1.29, 1.82) is 0 Å². The van der Waals surface area contributed by atoms with Crippen LogP contribution in [0.1, 0.15) is 19.4 Å². The topological polar surface area (TPSA) is 60.9 Å². The second-order valence-electron chi connectivity index (χ2n) is 4.89. The zero-order valence-corrected chi connectivity index (χ0v) is 13.7. The van der Waals surface area contributed by atoms with Crippen LogP contribution in [0.5, 0.6) is 0 Å². The first-order valence-corrected chi connectivity index (χ1v) is 9.08. The average molecular weight is 314 g/mol. The molecule has 1 aromatic carbocycles. The van der Waals surface area contributed by atoms with Crippen molar-refractivity contribution in [2.75, 3.05) is 38.5 Å². The van der Waals surface area contributed by atoms with E-state index < -0.39 is 10.1 Å². The molecule has 1 N–H and O–H groups in total. The first-order valence-electron chi connectivity index (χ1n) is 7.47. The van der Waals surface area contributed by atoms with Crippen LogP contribution in [0, 0.1) is 0 Å². The van der Waals surface area contributed by atoms with Gasteiger partial charge in [0.15, 0.2) is 0 Å². The third-order valence-electron chi connectivity index (χ3n) is 3.38. The first kappa shape index (κ1) is 18.1. The Morgan fingerprint density at radius 3 is 2.05 bits per heavy atom. The molecule has 21 heavy (non-hydrogen) atoms. The van der Waals surface area contributed by atoms with Crippen LogP contribution in [0.3, 0.4) is 0 Å². The molecule has 0 radical (unpaired) electrons. The van der Waals surface area contributed by atoms with Gasteiger partial charge in [0.2, 0.25) is 0 Å². The quantitative estimate of drug-likeness (QED) is 0.839. The van der Waals surface area contributed by atoms with E-state index in [4.69, 9.17) is 4.55 Å². The predicted octanol–water partition coefficient (Wildman–Crippen LogP) is 1.72. The van der Waals surface area contributed by atoms with Crippen LogP contribution in [0.2, 0.25) is 0 Å². The minimum Gasteiger partial charge on any atom is -0.300 e. The lowest BCUT2D eigenvalue weighted by Gasteiger charge is -2.34. The van der Waals surface area contributed by atoms with E-state index in [1.807, 2.05) is 32.0 Å². The molecule has 0 aromatic heterocycles. The number of rotatable bonds is 5. The number of benzene rings is 1. The third-order valence-corrected chi connectivity index (χ3v) is 4.08. The normalized spacial score (nSPS) is 17.1. The van der Waals surface area contributed by atoms with Crippen molar-refractivity contribution in [3.63, 3.8) is 0 Å². The van der Waals surface area contributed by atoms with Gasteiger partial charge in [0.05, 0.1) is 5.75 Å². The molecule has 1 saturated heterocycles. The average Bonchev–Trinajstić information content (AvgIpc) is 2.49. The summed E-state index contributed by atoms with van der Waals surface area (Å²) in [5.74, 6) is -0.175. The minimum atomic E-state index is -3.84. The zero-order chi connectivity index (χ0) is 15.7. The summed E-state index contributed by atoms with van der Waals surface area (Å²) in [6, 6.07) is 10.3. The highest BCUT2D eigenvalue weighted by molar-refractivity contribution is 7.85. The summed E-state index contributed by atoms with van der Waals surface area (Å²) in [4.78, 5) is 4.44. The lowest BCUT2D eigenvalue weighted by molar-refractivity contribution is 0.132. The van der Waals surface area contributed by atoms with Gasteiger partial charge in [0, 0.05) is 39.3 Å². The lowest BCUT2D eigenvalue weighted by Crippen LogP contribution is -2.47. The monoisotopic (exact) mass is 314 g/mol. The molecule has 0 atom stereocenters. The number of hydrogen-bond donors (Lipinski definition) is 1. The molecule has 0 aliphatic carbocycles. The van der Waals surface area contributed by atoms with Crippen molar-refractivity contribution in [2.45, 2.75) is 20.4 Å². The van der Waals surface area contributed by atoms with Gasteiger partial charge in [-0.05, 0) is 5.56 Å². The molecule has 1 aliphatic heterocycles. The fraction of sp³-hybridized carbons (Fsp3) is 0.600. The summed E-state index contributed by atoms with van der Waals surface area (Å²) in [7, 11) is -3.84. The molecule has 0 bridgehead atoms. The highest BCUT2D eigenvalue weighted by Crippen LogP contribution is 2.08. The van der Waals surface area contributed by atoms with Gasteiger partial charge in [-0.2, -0.15) is 8.42 Å². The molecule has 1 aromatic rings. The van der Waals surface area contributed by atoms with Crippen LogP contribution in [0.25, 0.3) is 0 Å². The largest absolute Gasteiger partial charge is 0.300 e. The maximum atomic E-state index is 10.7. The van der Waals surface area contributed by atoms with Gasteiger partial charge in [-0.1, -0.05) is 44.2 Å². The van der Waals surface area contributed by atoms with Crippen LogP contribution in [0.15, 0.2) is 30.3 Å². The Hall–Kier alpha value is -0.950. The number of hydrogen-bond acceptors (Lipinski definition) is 4. The molecule has 0 spiro atoms. The first-order chi connectivity index (χ1) is 10.0.